The normalized spacial score (nSPS) is 10.6. The number of fused-ring (bicyclic) bond motifs is 1. The van der Waals surface area contributed by atoms with Gasteiger partial charge in [-0.15, -0.1) is 12.4 Å². The van der Waals surface area contributed by atoms with Gasteiger partial charge in [-0.3, -0.25) is 4.98 Å². The van der Waals surface area contributed by atoms with E-state index in [-0.39, 0.29) is 24.1 Å². The van der Waals surface area contributed by atoms with Crippen LogP contribution in [0.4, 0.5) is 0 Å². The minimum Gasteiger partial charge on any atom is -0.494 e. The maximum atomic E-state index is 11.8. The van der Waals surface area contributed by atoms with Crippen LogP contribution in [0.2, 0.25) is 0 Å². The summed E-state index contributed by atoms with van der Waals surface area (Å²) in [6.07, 6.45) is 1.86. The Balaban J connectivity index is 0.00000320. The molecule has 2 aromatic carbocycles. The predicted octanol–water partition coefficient (Wildman–Crippen LogP) is 5.14. The molecule has 30 heavy (non-hydrogen) atoms. The summed E-state index contributed by atoms with van der Waals surface area (Å²) in [6.45, 7) is 6.35. The molecular formula is C23H26ClNO5. The number of benzene rings is 2. The SMILES string of the molecule is CCOc1cccc(Cc2ncc(C(=O)O)c3cc(OC(C)C)c(OC)cc23)c1.Cl. The molecule has 1 heterocycles. The fourth-order valence-corrected chi connectivity index (χ4v) is 3.23. The van der Waals surface area contributed by atoms with E-state index in [1.807, 2.05) is 45.0 Å². The van der Waals surface area contributed by atoms with Gasteiger partial charge in [0.25, 0.3) is 0 Å². The summed E-state index contributed by atoms with van der Waals surface area (Å²) >= 11 is 0. The van der Waals surface area contributed by atoms with Gasteiger partial charge in [-0.2, -0.15) is 0 Å². The van der Waals surface area contributed by atoms with E-state index in [0.717, 1.165) is 22.4 Å². The molecule has 0 radical (unpaired) electrons. The first-order chi connectivity index (χ1) is 13.9. The predicted molar refractivity (Wildman–Crippen MR) is 119 cm³/mol. The molecule has 0 aliphatic rings. The first kappa shape index (κ1) is 23.3. The highest BCUT2D eigenvalue weighted by Gasteiger charge is 2.18. The summed E-state index contributed by atoms with van der Waals surface area (Å²) in [4.78, 5) is 16.2. The molecule has 160 valence electrons. The summed E-state index contributed by atoms with van der Waals surface area (Å²) in [5, 5.41) is 10.9. The molecular weight excluding hydrogens is 406 g/mol. The number of ether oxygens (including phenoxy) is 3. The van der Waals surface area contributed by atoms with Crippen LogP contribution in [0.1, 0.15) is 42.4 Å². The van der Waals surface area contributed by atoms with Gasteiger partial charge in [-0.25, -0.2) is 4.79 Å². The number of carbonyl (C=O) groups is 1. The van der Waals surface area contributed by atoms with Crippen molar-refractivity contribution >= 4 is 29.1 Å². The lowest BCUT2D eigenvalue weighted by atomic mass is 10.00. The maximum absolute atomic E-state index is 11.8. The van der Waals surface area contributed by atoms with E-state index in [4.69, 9.17) is 14.2 Å². The van der Waals surface area contributed by atoms with Gasteiger partial charge >= 0.3 is 5.97 Å². The van der Waals surface area contributed by atoms with Gasteiger partial charge < -0.3 is 19.3 Å². The number of pyridine rings is 1. The lowest BCUT2D eigenvalue weighted by Gasteiger charge is -2.16. The number of carboxylic acids is 1. The third kappa shape index (κ3) is 5.13. The smallest absolute Gasteiger partial charge is 0.337 e. The number of rotatable bonds is 8. The zero-order valence-electron chi connectivity index (χ0n) is 17.5. The second-order valence-corrected chi connectivity index (χ2v) is 6.90. The van der Waals surface area contributed by atoms with E-state index in [1.165, 1.54) is 6.20 Å². The number of hydrogen-bond donors (Lipinski definition) is 1. The molecule has 0 unspecified atom stereocenters. The van der Waals surface area contributed by atoms with Crippen molar-refractivity contribution in [1.29, 1.82) is 0 Å². The van der Waals surface area contributed by atoms with E-state index in [9.17, 15) is 9.90 Å². The molecule has 3 aromatic rings. The van der Waals surface area contributed by atoms with Crippen molar-refractivity contribution in [2.75, 3.05) is 13.7 Å². The van der Waals surface area contributed by atoms with Crippen molar-refractivity contribution in [2.24, 2.45) is 0 Å². The molecule has 0 amide bonds. The first-order valence-electron chi connectivity index (χ1n) is 9.54. The highest BCUT2D eigenvalue weighted by molar-refractivity contribution is 6.05. The summed E-state index contributed by atoms with van der Waals surface area (Å²) in [5.41, 5.74) is 1.91. The Hall–Kier alpha value is -2.99. The molecule has 0 bridgehead atoms. The van der Waals surface area contributed by atoms with Gasteiger partial charge in [0, 0.05) is 23.4 Å². The molecule has 7 heteroatoms. The molecule has 1 aromatic heterocycles. The minimum atomic E-state index is -1.03. The van der Waals surface area contributed by atoms with Crippen LogP contribution in [0, 0.1) is 0 Å². The van der Waals surface area contributed by atoms with E-state index in [1.54, 1.807) is 19.2 Å². The van der Waals surface area contributed by atoms with Crippen molar-refractivity contribution in [3.05, 3.63) is 59.4 Å². The van der Waals surface area contributed by atoms with E-state index in [0.29, 0.717) is 29.9 Å². The van der Waals surface area contributed by atoms with Crippen LogP contribution in [0.5, 0.6) is 17.2 Å². The summed E-state index contributed by atoms with van der Waals surface area (Å²) < 4.78 is 16.9. The Morgan fingerprint density at radius 3 is 2.50 bits per heavy atom. The zero-order valence-corrected chi connectivity index (χ0v) is 18.3. The van der Waals surface area contributed by atoms with Crippen LogP contribution in [0.3, 0.4) is 0 Å². The van der Waals surface area contributed by atoms with E-state index >= 15 is 0 Å². The van der Waals surface area contributed by atoms with Crippen LogP contribution in [0.15, 0.2) is 42.6 Å². The largest absolute Gasteiger partial charge is 0.494 e. The molecule has 0 aliphatic heterocycles. The topological polar surface area (TPSA) is 77.9 Å². The minimum absolute atomic E-state index is 0. The van der Waals surface area contributed by atoms with Crippen LogP contribution in [-0.4, -0.2) is 35.9 Å². The van der Waals surface area contributed by atoms with Crippen molar-refractivity contribution < 1.29 is 24.1 Å². The molecule has 0 saturated carbocycles. The average Bonchev–Trinajstić information content (AvgIpc) is 2.67. The number of aromatic carboxylic acids is 1. The van der Waals surface area contributed by atoms with Crippen LogP contribution < -0.4 is 14.2 Å². The molecule has 3 rings (SSSR count). The highest BCUT2D eigenvalue weighted by atomic mass is 35.5. The Kier molecular flexibility index (Phi) is 7.89. The second-order valence-electron chi connectivity index (χ2n) is 6.90. The third-order valence-corrected chi connectivity index (χ3v) is 4.43. The summed E-state index contributed by atoms with van der Waals surface area (Å²) in [5.74, 6) is 0.808. The standard InChI is InChI=1S/C23H25NO5.ClH/c1-5-28-16-8-6-7-15(9-16)10-20-18-12-21(27-4)22(29-14(2)3)11-17(18)19(13-24-20)23(25)26;/h6-9,11-14H,5,10H2,1-4H3,(H,25,26);1H. The fraction of sp³-hybridized carbons (Fsp3) is 0.304. The van der Waals surface area contributed by atoms with E-state index in [2.05, 4.69) is 4.98 Å². The third-order valence-electron chi connectivity index (χ3n) is 4.43. The Morgan fingerprint density at radius 2 is 1.87 bits per heavy atom. The quantitative estimate of drug-likeness (QED) is 0.532. The van der Waals surface area contributed by atoms with Crippen LogP contribution in [-0.2, 0) is 6.42 Å². The van der Waals surface area contributed by atoms with Gasteiger partial charge in [0.05, 0.1) is 31.1 Å². The Labute approximate surface area is 182 Å². The zero-order chi connectivity index (χ0) is 21.0. The molecule has 0 spiro atoms. The lowest BCUT2D eigenvalue weighted by Crippen LogP contribution is -2.08. The lowest BCUT2D eigenvalue weighted by molar-refractivity contribution is 0.0698. The second kappa shape index (κ2) is 10.2. The average molecular weight is 432 g/mol. The van der Waals surface area contributed by atoms with Crippen LogP contribution >= 0.6 is 12.4 Å². The number of methoxy groups -OCH3 is 1. The van der Waals surface area contributed by atoms with Crippen molar-refractivity contribution in [3.63, 3.8) is 0 Å². The molecule has 0 atom stereocenters. The molecule has 0 fully saturated rings. The molecule has 6 nitrogen and oxygen atoms in total. The number of halogens is 1. The van der Waals surface area contributed by atoms with Crippen molar-refractivity contribution in [3.8, 4) is 17.2 Å². The fourth-order valence-electron chi connectivity index (χ4n) is 3.23. The van der Waals surface area contributed by atoms with Gasteiger partial charge in [-0.05, 0) is 50.6 Å². The van der Waals surface area contributed by atoms with Gasteiger partial charge in [0.2, 0.25) is 0 Å². The van der Waals surface area contributed by atoms with Crippen molar-refractivity contribution in [2.45, 2.75) is 33.3 Å². The number of aromatic nitrogens is 1. The van der Waals surface area contributed by atoms with Gasteiger partial charge in [0.15, 0.2) is 11.5 Å². The highest BCUT2D eigenvalue weighted by Crippen LogP contribution is 2.36. The number of hydrogen-bond acceptors (Lipinski definition) is 5. The van der Waals surface area contributed by atoms with Crippen molar-refractivity contribution in [1.82, 2.24) is 4.98 Å². The van der Waals surface area contributed by atoms with Crippen LogP contribution in [0.25, 0.3) is 10.8 Å². The Morgan fingerprint density at radius 1 is 1.13 bits per heavy atom. The maximum Gasteiger partial charge on any atom is 0.337 e. The van der Waals surface area contributed by atoms with Gasteiger partial charge in [0.1, 0.15) is 5.75 Å². The molecule has 0 aliphatic carbocycles. The monoisotopic (exact) mass is 431 g/mol. The Bertz CT molecular complexity index is 1040. The molecule has 1 N–H and O–H groups in total. The number of nitrogens with zero attached hydrogens (tertiary/aromatic N) is 1. The summed E-state index contributed by atoms with van der Waals surface area (Å²) in [6, 6.07) is 11.3. The summed E-state index contributed by atoms with van der Waals surface area (Å²) in [7, 11) is 1.56. The molecule has 0 saturated heterocycles. The van der Waals surface area contributed by atoms with Gasteiger partial charge in [-0.1, -0.05) is 12.1 Å². The number of carboxylic acid groups (broad SMARTS) is 1. The van der Waals surface area contributed by atoms with E-state index < -0.39 is 5.97 Å². The first-order valence-corrected chi connectivity index (χ1v) is 9.54.